The number of hydrogen-bond acceptors (Lipinski definition) is 3. The van der Waals surface area contributed by atoms with E-state index in [2.05, 4.69) is 6.92 Å². The fraction of sp³-hybridized carbons (Fsp3) is 0.211. The fourth-order valence-corrected chi connectivity index (χ4v) is 2.17. The molecule has 2 aromatic carbocycles. The molecule has 2 aromatic rings. The van der Waals surface area contributed by atoms with Gasteiger partial charge in [-0.25, -0.2) is 0 Å². The van der Waals surface area contributed by atoms with Crippen molar-refractivity contribution in [1.82, 2.24) is 0 Å². The van der Waals surface area contributed by atoms with Crippen LogP contribution in [0.15, 0.2) is 48.5 Å². The molecule has 0 heterocycles. The minimum atomic E-state index is -0.0668. The molecule has 0 saturated heterocycles. The minimum Gasteiger partial charge on any atom is -0.497 e. The largest absolute Gasteiger partial charge is 0.497 e. The third-order valence-corrected chi connectivity index (χ3v) is 3.47. The van der Waals surface area contributed by atoms with E-state index in [-0.39, 0.29) is 5.78 Å². The van der Waals surface area contributed by atoms with E-state index < -0.39 is 0 Å². The molecule has 0 amide bonds. The van der Waals surface area contributed by atoms with Crippen molar-refractivity contribution in [3.8, 4) is 11.5 Å². The first kappa shape index (κ1) is 15.8. The van der Waals surface area contributed by atoms with Gasteiger partial charge >= 0.3 is 0 Å². The van der Waals surface area contributed by atoms with Crippen molar-refractivity contribution in [2.45, 2.75) is 13.3 Å². The molecule has 0 aliphatic rings. The van der Waals surface area contributed by atoms with E-state index in [4.69, 9.17) is 9.47 Å². The second-order valence-corrected chi connectivity index (χ2v) is 4.86. The second-order valence-electron chi connectivity index (χ2n) is 4.86. The number of ether oxygens (including phenoxy) is 2. The van der Waals surface area contributed by atoms with E-state index in [0.717, 1.165) is 17.7 Å². The predicted octanol–water partition coefficient (Wildman–Crippen LogP) is 4.16. The van der Waals surface area contributed by atoms with Gasteiger partial charge in [0.1, 0.15) is 11.5 Å². The van der Waals surface area contributed by atoms with Crippen LogP contribution in [0.25, 0.3) is 6.08 Å². The number of rotatable bonds is 6. The molecule has 0 saturated carbocycles. The average Bonchev–Trinajstić information content (AvgIpc) is 2.59. The summed E-state index contributed by atoms with van der Waals surface area (Å²) in [7, 11) is 3.21. The SMILES string of the molecule is CCc1ccc(OC)c(C=CC(=O)c2cccc(OC)c2)c1. The number of ketones is 1. The molecule has 0 N–H and O–H groups in total. The van der Waals surface area contributed by atoms with Crippen molar-refractivity contribution >= 4 is 11.9 Å². The van der Waals surface area contributed by atoms with E-state index in [1.54, 1.807) is 44.6 Å². The van der Waals surface area contributed by atoms with E-state index >= 15 is 0 Å². The topological polar surface area (TPSA) is 35.5 Å². The Kier molecular flexibility index (Phi) is 5.37. The van der Waals surface area contributed by atoms with Crippen LogP contribution in [0.3, 0.4) is 0 Å². The summed E-state index contributed by atoms with van der Waals surface area (Å²) in [5.41, 5.74) is 2.70. The van der Waals surface area contributed by atoms with Crippen LogP contribution < -0.4 is 9.47 Å². The molecule has 3 heteroatoms. The highest BCUT2D eigenvalue weighted by atomic mass is 16.5. The minimum absolute atomic E-state index is 0.0668. The molecule has 0 aromatic heterocycles. The molecule has 0 fully saturated rings. The second kappa shape index (κ2) is 7.46. The Balaban J connectivity index is 2.25. The van der Waals surface area contributed by atoms with Crippen molar-refractivity contribution in [3.63, 3.8) is 0 Å². The third kappa shape index (κ3) is 3.76. The standard InChI is InChI=1S/C19H20O3/c1-4-14-8-11-19(22-3)16(12-14)9-10-18(20)15-6-5-7-17(13-15)21-2/h5-13H,4H2,1-3H3. The molecule has 2 rings (SSSR count). The molecular weight excluding hydrogens is 276 g/mol. The quantitative estimate of drug-likeness (QED) is 0.593. The summed E-state index contributed by atoms with van der Waals surface area (Å²) in [6.07, 6.45) is 4.29. The lowest BCUT2D eigenvalue weighted by Gasteiger charge is -2.06. The third-order valence-electron chi connectivity index (χ3n) is 3.47. The van der Waals surface area contributed by atoms with Crippen LogP contribution in [-0.4, -0.2) is 20.0 Å². The van der Waals surface area contributed by atoms with Crippen molar-refractivity contribution in [2.24, 2.45) is 0 Å². The molecule has 0 unspecified atom stereocenters. The van der Waals surface area contributed by atoms with Crippen LogP contribution in [0.5, 0.6) is 11.5 Å². The Morgan fingerprint density at radius 1 is 1.09 bits per heavy atom. The fourth-order valence-electron chi connectivity index (χ4n) is 2.17. The Morgan fingerprint density at radius 3 is 2.59 bits per heavy atom. The van der Waals surface area contributed by atoms with Crippen molar-refractivity contribution < 1.29 is 14.3 Å². The van der Waals surface area contributed by atoms with E-state index in [0.29, 0.717) is 11.3 Å². The Hall–Kier alpha value is -2.55. The van der Waals surface area contributed by atoms with Crippen LogP contribution in [0, 0.1) is 0 Å². The lowest BCUT2D eigenvalue weighted by Crippen LogP contribution is -1.95. The lowest BCUT2D eigenvalue weighted by atomic mass is 10.1. The molecule has 3 nitrogen and oxygen atoms in total. The maximum atomic E-state index is 12.3. The summed E-state index contributed by atoms with van der Waals surface area (Å²) in [5, 5.41) is 0. The van der Waals surface area contributed by atoms with Gasteiger partial charge in [-0.1, -0.05) is 25.1 Å². The van der Waals surface area contributed by atoms with Crippen LogP contribution in [0.4, 0.5) is 0 Å². The molecule has 0 bridgehead atoms. The molecule has 22 heavy (non-hydrogen) atoms. The molecule has 0 radical (unpaired) electrons. The van der Waals surface area contributed by atoms with Crippen LogP contribution >= 0.6 is 0 Å². The highest BCUT2D eigenvalue weighted by molar-refractivity contribution is 6.07. The van der Waals surface area contributed by atoms with Crippen molar-refractivity contribution in [1.29, 1.82) is 0 Å². The van der Waals surface area contributed by atoms with Gasteiger partial charge in [0.25, 0.3) is 0 Å². The Morgan fingerprint density at radius 2 is 1.91 bits per heavy atom. The monoisotopic (exact) mass is 296 g/mol. The number of allylic oxidation sites excluding steroid dienone is 1. The van der Waals surface area contributed by atoms with Gasteiger partial charge in [-0.05, 0) is 48.4 Å². The molecular formula is C19H20O3. The first-order valence-corrected chi connectivity index (χ1v) is 7.21. The summed E-state index contributed by atoms with van der Waals surface area (Å²) in [6.45, 7) is 2.09. The summed E-state index contributed by atoms with van der Waals surface area (Å²) < 4.78 is 10.5. The van der Waals surface area contributed by atoms with Gasteiger partial charge in [0.2, 0.25) is 0 Å². The van der Waals surface area contributed by atoms with Crippen molar-refractivity contribution in [2.75, 3.05) is 14.2 Å². The summed E-state index contributed by atoms with van der Waals surface area (Å²) in [5.74, 6) is 1.36. The van der Waals surface area contributed by atoms with Gasteiger partial charge in [-0.2, -0.15) is 0 Å². The number of benzene rings is 2. The summed E-state index contributed by atoms with van der Waals surface area (Å²) in [6, 6.07) is 13.1. The van der Waals surface area contributed by atoms with Crippen LogP contribution in [-0.2, 0) is 6.42 Å². The first-order chi connectivity index (χ1) is 10.7. The Labute approximate surface area is 131 Å². The normalized spacial score (nSPS) is 10.7. The maximum absolute atomic E-state index is 12.3. The number of carbonyl (C=O) groups excluding carboxylic acids is 1. The number of methoxy groups -OCH3 is 2. The van der Waals surface area contributed by atoms with Gasteiger partial charge in [-0.15, -0.1) is 0 Å². The smallest absolute Gasteiger partial charge is 0.185 e. The molecule has 0 spiro atoms. The van der Waals surface area contributed by atoms with Gasteiger partial charge in [0, 0.05) is 11.1 Å². The van der Waals surface area contributed by atoms with E-state index in [1.807, 2.05) is 24.3 Å². The van der Waals surface area contributed by atoms with Crippen LogP contribution in [0.2, 0.25) is 0 Å². The van der Waals surface area contributed by atoms with Gasteiger partial charge in [0.05, 0.1) is 14.2 Å². The first-order valence-electron chi connectivity index (χ1n) is 7.21. The Bertz CT molecular complexity index is 687. The van der Waals surface area contributed by atoms with Crippen LogP contribution in [0.1, 0.15) is 28.4 Å². The van der Waals surface area contributed by atoms with E-state index in [9.17, 15) is 4.79 Å². The predicted molar refractivity (Wildman–Crippen MR) is 88.7 cm³/mol. The van der Waals surface area contributed by atoms with Gasteiger partial charge in [0.15, 0.2) is 5.78 Å². The highest BCUT2D eigenvalue weighted by Gasteiger charge is 2.05. The summed E-state index contributed by atoms with van der Waals surface area (Å²) >= 11 is 0. The summed E-state index contributed by atoms with van der Waals surface area (Å²) in [4.78, 5) is 12.3. The molecule has 0 aliphatic heterocycles. The number of hydrogen-bond donors (Lipinski definition) is 0. The zero-order chi connectivity index (χ0) is 15.9. The molecule has 0 aliphatic carbocycles. The zero-order valence-corrected chi connectivity index (χ0v) is 13.1. The maximum Gasteiger partial charge on any atom is 0.185 e. The van der Waals surface area contributed by atoms with Crippen molar-refractivity contribution in [3.05, 3.63) is 65.2 Å². The van der Waals surface area contributed by atoms with Gasteiger partial charge < -0.3 is 9.47 Å². The van der Waals surface area contributed by atoms with E-state index in [1.165, 1.54) is 5.56 Å². The molecule has 0 atom stereocenters. The number of aryl methyl sites for hydroxylation is 1. The average molecular weight is 296 g/mol. The number of carbonyl (C=O) groups is 1. The van der Waals surface area contributed by atoms with Gasteiger partial charge in [-0.3, -0.25) is 4.79 Å². The molecule has 114 valence electrons. The highest BCUT2D eigenvalue weighted by Crippen LogP contribution is 2.22. The zero-order valence-electron chi connectivity index (χ0n) is 13.1. The lowest BCUT2D eigenvalue weighted by molar-refractivity contribution is 0.104.